The number of anilines is 1. The fourth-order valence-corrected chi connectivity index (χ4v) is 5.68. The number of hydrogen-bond acceptors (Lipinski definition) is 5. The number of halogens is 4. The monoisotopic (exact) mass is 638 g/mol. The molecule has 234 valence electrons. The number of amidine groups is 1. The highest BCUT2D eigenvalue weighted by Crippen LogP contribution is 2.33. The number of alkyl halides is 3. The lowest BCUT2D eigenvalue weighted by molar-refractivity contribution is -0.274. The van der Waals surface area contributed by atoms with Gasteiger partial charge >= 0.3 is 12.4 Å². The Bertz CT molecular complexity index is 1700. The predicted octanol–water partition coefficient (Wildman–Crippen LogP) is 8.39. The molecule has 3 aromatic carbocycles. The van der Waals surface area contributed by atoms with E-state index >= 15 is 0 Å². The Morgan fingerprint density at radius 3 is 2.47 bits per heavy atom. The van der Waals surface area contributed by atoms with Gasteiger partial charge in [-0.05, 0) is 65.9 Å². The molecule has 4 aromatic rings. The number of amides is 2. The number of carbonyl (C=O) groups is 1. The van der Waals surface area contributed by atoms with Crippen molar-refractivity contribution in [3.63, 3.8) is 0 Å². The van der Waals surface area contributed by atoms with Gasteiger partial charge in [0.1, 0.15) is 17.9 Å². The molecule has 0 N–H and O–H groups in total. The molecular formula is C32H30F4N6O2S. The highest BCUT2D eigenvalue weighted by atomic mass is 32.2. The molecule has 1 atom stereocenters. The van der Waals surface area contributed by atoms with Crippen LogP contribution in [0.3, 0.4) is 0 Å². The quantitative estimate of drug-likeness (QED) is 0.149. The molecule has 1 aliphatic rings. The van der Waals surface area contributed by atoms with Crippen molar-refractivity contribution in [2.24, 2.45) is 9.98 Å². The van der Waals surface area contributed by atoms with E-state index in [0.29, 0.717) is 23.2 Å². The standard InChI is InChI=1S/C32H30F4N6O2S/c1-20(2)27-17-24(33)9-14-28(27)41-15-4-16-45-31(41)39-30(43)37-18-21(3)22-5-7-23(8-6-22)29-38-19-42(40-29)25-10-12-26(13-11-25)44-32(34,35)36/h5-14,17-21H,4,15-16H2,1-3H3. The molecular weight excluding hydrogens is 608 g/mol. The second kappa shape index (κ2) is 13.6. The van der Waals surface area contributed by atoms with E-state index in [1.54, 1.807) is 12.3 Å². The van der Waals surface area contributed by atoms with Crippen molar-refractivity contribution in [2.75, 3.05) is 17.2 Å². The van der Waals surface area contributed by atoms with Gasteiger partial charge in [-0.15, -0.1) is 18.3 Å². The zero-order valence-electron chi connectivity index (χ0n) is 24.7. The van der Waals surface area contributed by atoms with Gasteiger partial charge < -0.3 is 9.64 Å². The number of ether oxygens (including phenoxy) is 1. The van der Waals surface area contributed by atoms with Crippen LogP contribution in [0.1, 0.15) is 50.2 Å². The Kier molecular flexibility index (Phi) is 9.66. The zero-order chi connectivity index (χ0) is 32.1. The lowest BCUT2D eigenvalue weighted by Crippen LogP contribution is -2.35. The summed E-state index contributed by atoms with van der Waals surface area (Å²) in [7, 11) is 0. The van der Waals surface area contributed by atoms with Crippen molar-refractivity contribution < 1.29 is 27.1 Å². The third-order valence-corrected chi connectivity index (χ3v) is 8.07. The highest BCUT2D eigenvalue weighted by molar-refractivity contribution is 8.14. The number of nitrogens with zero attached hydrogens (tertiary/aromatic N) is 6. The van der Waals surface area contributed by atoms with Gasteiger partial charge in [0.2, 0.25) is 0 Å². The van der Waals surface area contributed by atoms with E-state index in [1.165, 1.54) is 59.2 Å². The first-order valence-electron chi connectivity index (χ1n) is 14.2. The minimum absolute atomic E-state index is 0.0961. The summed E-state index contributed by atoms with van der Waals surface area (Å²) in [5.41, 5.74) is 3.86. The number of urea groups is 1. The van der Waals surface area contributed by atoms with Crippen LogP contribution in [0.5, 0.6) is 5.75 Å². The van der Waals surface area contributed by atoms with E-state index < -0.39 is 12.4 Å². The molecule has 2 amide bonds. The summed E-state index contributed by atoms with van der Waals surface area (Å²) in [5, 5.41) is 4.97. The van der Waals surface area contributed by atoms with Crippen molar-refractivity contribution >= 4 is 34.9 Å². The molecule has 0 saturated carbocycles. The van der Waals surface area contributed by atoms with Crippen molar-refractivity contribution in [1.29, 1.82) is 0 Å². The number of benzene rings is 3. The Labute approximate surface area is 261 Å². The van der Waals surface area contributed by atoms with Gasteiger partial charge in [-0.1, -0.05) is 56.8 Å². The van der Waals surface area contributed by atoms with Crippen LogP contribution in [-0.2, 0) is 0 Å². The number of aromatic nitrogens is 3. The smallest absolute Gasteiger partial charge is 0.406 e. The lowest BCUT2D eigenvalue weighted by Gasteiger charge is -2.31. The molecule has 1 unspecified atom stereocenters. The van der Waals surface area contributed by atoms with Crippen molar-refractivity contribution in [3.05, 3.63) is 90.0 Å². The third kappa shape index (κ3) is 8.15. The molecule has 1 aromatic heterocycles. The number of carbonyl (C=O) groups excluding carboxylic acids is 1. The first-order chi connectivity index (χ1) is 21.5. The number of rotatable bonds is 7. The van der Waals surface area contributed by atoms with E-state index in [0.717, 1.165) is 34.6 Å². The van der Waals surface area contributed by atoms with E-state index in [2.05, 4.69) is 24.8 Å². The molecule has 0 bridgehead atoms. The molecule has 45 heavy (non-hydrogen) atoms. The van der Waals surface area contributed by atoms with Crippen molar-refractivity contribution in [1.82, 2.24) is 14.8 Å². The first kappa shape index (κ1) is 31.9. The van der Waals surface area contributed by atoms with Crippen molar-refractivity contribution in [2.45, 2.75) is 45.4 Å². The highest BCUT2D eigenvalue weighted by Gasteiger charge is 2.31. The summed E-state index contributed by atoms with van der Waals surface area (Å²) in [4.78, 5) is 27.4. The Hall–Kier alpha value is -4.52. The van der Waals surface area contributed by atoms with Gasteiger partial charge in [0, 0.05) is 35.7 Å². The summed E-state index contributed by atoms with van der Waals surface area (Å²) in [6.07, 6.45) is -0.832. The molecule has 1 aliphatic heterocycles. The average Bonchev–Trinajstić information content (AvgIpc) is 3.50. The topological polar surface area (TPSA) is 85.0 Å². The maximum absolute atomic E-state index is 14.0. The van der Waals surface area contributed by atoms with Crippen LogP contribution in [-0.4, -0.2) is 50.8 Å². The summed E-state index contributed by atoms with van der Waals surface area (Å²) in [6.45, 7) is 6.59. The average molecular weight is 639 g/mol. The number of thioether (sulfide) groups is 1. The molecule has 8 nitrogen and oxygen atoms in total. The van der Waals surface area contributed by atoms with Crippen LogP contribution in [0.15, 0.2) is 83.0 Å². The fourth-order valence-electron chi connectivity index (χ4n) is 4.74. The Balaban J connectivity index is 1.24. The van der Waals surface area contributed by atoms with E-state index in [9.17, 15) is 22.4 Å². The second-order valence-corrected chi connectivity index (χ2v) is 11.7. The molecule has 5 rings (SSSR count). The van der Waals surface area contributed by atoms with E-state index in [4.69, 9.17) is 0 Å². The third-order valence-electron chi connectivity index (χ3n) is 7.01. The molecule has 1 fully saturated rings. The predicted molar refractivity (Wildman–Crippen MR) is 168 cm³/mol. The maximum Gasteiger partial charge on any atom is 0.573 e. The number of hydrogen-bond donors (Lipinski definition) is 0. The van der Waals surface area contributed by atoms with Crippen LogP contribution in [0.4, 0.5) is 28.0 Å². The first-order valence-corrected chi connectivity index (χ1v) is 15.2. The molecule has 1 saturated heterocycles. The molecule has 13 heteroatoms. The zero-order valence-corrected chi connectivity index (χ0v) is 25.5. The van der Waals surface area contributed by atoms with Crippen LogP contribution in [0, 0.1) is 5.82 Å². The fraction of sp³-hybridized carbons (Fsp3) is 0.281. The Morgan fingerprint density at radius 2 is 1.78 bits per heavy atom. The van der Waals surface area contributed by atoms with Gasteiger partial charge in [-0.3, -0.25) is 0 Å². The van der Waals surface area contributed by atoms with Gasteiger partial charge in [-0.25, -0.2) is 23.8 Å². The molecule has 0 aliphatic carbocycles. The second-order valence-electron chi connectivity index (χ2n) is 10.6. The van der Waals surface area contributed by atoms with Gasteiger partial charge in [-0.2, -0.15) is 4.99 Å². The van der Waals surface area contributed by atoms with Crippen LogP contribution in [0.2, 0.25) is 0 Å². The molecule has 0 spiro atoms. The maximum atomic E-state index is 14.0. The minimum Gasteiger partial charge on any atom is -0.406 e. The Morgan fingerprint density at radius 1 is 1.04 bits per heavy atom. The molecule has 0 radical (unpaired) electrons. The van der Waals surface area contributed by atoms with E-state index in [1.807, 2.05) is 49.9 Å². The summed E-state index contributed by atoms with van der Waals surface area (Å²) < 4.78 is 56.6. The summed E-state index contributed by atoms with van der Waals surface area (Å²) in [5.74, 6) is 0.537. The van der Waals surface area contributed by atoms with Gasteiger partial charge in [0.15, 0.2) is 11.0 Å². The number of aliphatic imine (C=N–C) groups is 2. The van der Waals surface area contributed by atoms with Crippen molar-refractivity contribution in [3.8, 4) is 22.8 Å². The van der Waals surface area contributed by atoms with Crippen LogP contribution < -0.4 is 9.64 Å². The molecule has 2 heterocycles. The minimum atomic E-state index is -4.76. The lowest BCUT2D eigenvalue weighted by atomic mass is 10.00. The largest absolute Gasteiger partial charge is 0.573 e. The summed E-state index contributed by atoms with van der Waals surface area (Å²) in [6, 6.07) is 16.8. The van der Waals surface area contributed by atoms with Crippen LogP contribution in [0.25, 0.3) is 17.1 Å². The SMILES string of the molecule is CC(C)c1cc(F)ccc1N1CCCSC1=NC(=O)N=CC(C)c1ccc(-c2ncn(-c3ccc(OC(F)(F)F)cc3)n2)cc1. The van der Waals surface area contributed by atoms with Gasteiger partial charge in [0.05, 0.1) is 5.69 Å². The normalized spacial score (nSPS) is 15.6. The van der Waals surface area contributed by atoms with Crippen LogP contribution >= 0.6 is 11.8 Å². The summed E-state index contributed by atoms with van der Waals surface area (Å²) >= 11 is 1.48. The van der Waals surface area contributed by atoms with E-state index in [-0.39, 0.29) is 23.4 Å². The van der Waals surface area contributed by atoms with Gasteiger partial charge in [0.25, 0.3) is 0 Å².